The molecule has 12 heavy (non-hydrogen) atoms. The van der Waals surface area contributed by atoms with Gasteiger partial charge in [-0.15, -0.1) is 0 Å². The van der Waals surface area contributed by atoms with Crippen LogP contribution in [0, 0.1) is 0 Å². The SMILES string of the molecule is NNc1cccc2c1CNC2=O. The number of nitrogen functional groups attached to an aromatic ring is 1. The van der Waals surface area contributed by atoms with Crippen LogP contribution in [0.5, 0.6) is 0 Å². The Kier molecular flexibility index (Phi) is 1.48. The molecule has 2 rings (SSSR count). The van der Waals surface area contributed by atoms with Gasteiger partial charge in [0.05, 0.1) is 5.69 Å². The van der Waals surface area contributed by atoms with Gasteiger partial charge in [-0.25, -0.2) is 0 Å². The number of anilines is 1. The van der Waals surface area contributed by atoms with E-state index in [1.165, 1.54) is 0 Å². The van der Waals surface area contributed by atoms with Crippen LogP contribution in [-0.2, 0) is 6.54 Å². The maximum absolute atomic E-state index is 11.2. The Labute approximate surface area is 69.7 Å². The lowest BCUT2D eigenvalue weighted by atomic mass is 10.1. The Balaban J connectivity index is 2.58. The summed E-state index contributed by atoms with van der Waals surface area (Å²) in [6, 6.07) is 5.44. The summed E-state index contributed by atoms with van der Waals surface area (Å²) < 4.78 is 0. The molecule has 0 radical (unpaired) electrons. The highest BCUT2D eigenvalue weighted by Gasteiger charge is 2.20. The topological polar surface area (TPSA) is 67.2 Å². The fourth-order valence-electron chi connectivity index (χ4n) is 1.39. The van der Waals surface area contributed by atoms with Gasteiger partial charge in [-0.2, -0.15) is 0 Å². The van der Waals surface area contributed by atoms with Gasteiger partial charge in [-0.1, -0.05) is 6.07 Å². The summed E-state index contributed by atoms with van der Waals surface area (Å²) in [5.74, 6) is 5.25. The summed E-state index contributed by atoms with van der Waals surface area (Å²) >= 11 is 0. The summed E-state index contributed by atoms with van der Waals surface area (Å²) in [5, 5.41) is 2.73. The van der Waals surface area contributed by atoms with Gasteiger partial charge in [0, 0.05) is 17.7 Å². The van der Waals surface area contributed by atoms with E-state index in [1.807, 2.05) is 6.07 Å². The van der Waals surface area contributed by atoms with Crippen molar-refractivity contribution in [3.05, 3.63) is 29.3 Å². The second kappa shape index (κ2) is 2.49. The fourth-order valence-corrected chi connectivity index (χ4v) is 1.39. The van der Waals surface area contributed by atoms with Crippen LogP contribution in [0.4, 0.5) is 5.69 Å². The molecule has 0 unspecified atom stereocenters. The van der Waals surface area contributed by atoms with Crippen molar-refractivity contribution in [2.24, 2.45) is 5.84 Å². The van der Waals surface area contributed by atoms with E-state index in [4.69, 9.17) is 5.84 Å². The fraction of sp³-hybridized carbons (Fsp3) is 0.125. The van der Waals surface area contributed by atoms with Crippen LogP contribution in [0.1, 0.15) is 15.9 Å². The molecule has 0 atom stereocenters. The highest BCUT2D eigenvalue weighted by atomic mass is 16.1. The molecule has 1 aliphatic rings. The van der Waals surface area contributed by atoms with Gasteiger partial charge in [0.2, 0.25) is 0 Å². The molecular formula is C8H9N3O. The monoisotopic (exact) mass is 163 g/mol. The number of amides is 1. The number of nitrogens with one attached hydrogen (secondary N) is 2. The van der Waals surface area contributed by atoms with Crippen LogP contribution in [-0.4, -0.2) is 5.91 Å². The minimum atomic E-state index is -0.0258. The van der Waals surface area contributed by atoms with Crippen molar-refractivity contribution in [1.29, 1.82) is 0 Å². The average Bonchev–Trinajstić information content (AvgIpc) is 2.48. The maximum atomic E-state index is 11.2. The van der Waals surface area contributed by atoms with E-state index in [0.717, 1.165) is 11.3 Å². The molecule has 4 heteroatoms. The molecule has 4 N–H and O–H groups in total. The third-order valence-electron chi connectivity index (χ3n) is 2.00. The number of fused-ring (bicyclic) bond motifs is 1. The predicted octanol–water partition coefficient (Wildman–Crippen LogP) is 0.216. The van der Waals surface area contributed by atoms with E-state index in [2.05, 4.69) is 10.7 Å². The number of benzene rings is 1. The number of hydrogen-bond acceptors (Lipinski definition) is 3. The van der Waals surface area contributed by atoms with Crippen molar-refractivity contribution in [2.75, 3.05) is 5.43 Å². The van der Waals surface area contributed by atoms with E-state index in [-0.39, 0.29) is 5.91 Å². The van der Waals surface area contributed by atoms with Crippen molar-refractivity contribution in [2.45, 2.75) is 6.54 Å². The van der Waals surface area contributed by atoms with Crippen molar-refractivity contribution in [3.63, 3.8) is 0 Å². The van der Waals surface area contributed by atoms with Crippen LogP contribution in [0.3, 0.4) is 0 Å². The first-order chi connectivity index (χ1) is 5.83. The standard InChI is InChI=1S/C8H9N3O/c9-11-7-3-1-2-5-6(7)4-10-8(5)12/h1-3,11H,4,9H2,(H,10,12). The molecule has 1 aromatic carbocycles. The second-order valence-electron chi connectivity index (χ2n) is 2.66. The smallest absolute Gasteiger partial charge is 0.251 e. The molecule has 1 aromatic rings. The van der Waals surface area contributed by atoms with Gasteiger partial charge < -0.3 is 10.7 Å². The number of hydrazine groups is 1. The Bertz CT molecular complexity index is 335. The quantitative estimate of drug-likeness (QED) is 0.409. The number of nitrogens with two attached hydrogens (primary N) is 1. The Morgan fingerprint density at radius 3 is 3.08 bits per heavy atom. The van der Waals surface area contributed by atoms with Crippen LogP contribution in [0.25, 0.3) is 0 Å². The number of carbonyl (C=O) groups is 1. The van der Waals surface area contributed by atoms with Crippen molar-refractivity contribution >= 4 is 11.6 Å². The van der Waals surface area contributed by atoms with Gasteiger partial charge in [-0.05, 0) is 12.1 Å². The molecule has 4 nitrogen and oxygen atoms in total. The van der Waals surface area contributed by atoms with Gasteiger partial charge in [0.1, 0.15) is 0 Å². The van der Waals surface area contributed by atoms with Crippen LogP contribution in [0.2, 0.25) is 0 Å². The highest BCUT2D eigenvalue weighted by Crippen LogP contribution is 2.22. The molecule has 0 saturated heterocycles. The van der Waals surface area contributed by atoms with Gasteiger partial charge >= 0.3 is 0 Å². The Morgan fingerprint density at radius 1 is 1.50 bits per heavy atom. The first kappa shape index (κ1) is 7.12. The van der Waals surface area contributed by atoms with E-state index >= 15 is 0 Å². The van der Waals surface area contributed by atoms with Crippen LogP contribution >= 0.6 is 0 Å². The normalized spacial score (nSPS) is 13.9. The first-order valence-corrected chi connectivity index (χ1v) is 3.69. The minimum absolute atomic E-state index is 0.0258. The lowest BCUT2D eigenvalue weighted by Crippen LogP contribution is -2.12. The van der Waals surface area contributed by atoms with E-state index in [0.29, 0.717) is 12.1 Å². The summed E-state index contributed by atoms with van der Waals surface area (Å²) in [5.41, 5.74) is 5.03. The third kappa shape index (κ3) is 0.853. The zero-order chi connectivity index (χ0) is 8.55. The molecular weight excluding hydrogens is 154 g/mol. The van der Waals surface area contributed by atoms with Crippen molar-refractivity contribution in [1.82, 2.24) is 5.32 Å². The Hall–Kier alpha value is -1.55. The van der Waals surface area contributed by atoms with Crippen molar-refractivity contribution in [3.8, 4) is 0 Å². The molecule has 1 aliphatic heterocycles. The van der Waals surface area contributed by atoms with Crippen molar-refractivity contribution < 1.29 is 4.79 Å². The molecule has 0 aliphatic carbocycles. The third-order valence-corrected chi connectivity index (χ3v) is 2.00. The zero-order valence-corrected chi connectivity index (χ0v) is 6.42. The molecule has 0 bridgehead atoms. The summed E-state index contributed by atoms with van der Waals surface area (Å²) in [6.07, 6.45) is 0. The van der Waals surface area contributed by atoms with E-state index in [1.54, 1.807) is 12.1 Å². The molecule has 62 valence electrons. The maximum Gasteiger partial charge on any atom is 0.251 e. The second-order valence-corrected chi connectivity index (χ2v) is 2.66. The average molecular weight is 163 g/mol. The summed E-state index contributed by atoms with van der Waals surface area (Å²) in [4.78, 5) is 11.2. The molecule has 0 spiro atoms. The van der Waals surface area contributed by atoms with Crippen LogP contribution in [0.15, 0.2) is 18.2 Å². The van der Waals surface area contributed by atoms with Gasteiger partial charge in [-0.3, -0.25) is 10.6 Å². The largest absolute Gasteiger partial charge is 0.348 e. The molecule has 1 amide bonds. The summed E-state index contributed by atoms with van der Waals surface area (Å²) in [7, 11) is 0. The zero-order valence-electron chi connectivity index (χ0n) is 6.42. The molecule has 0 fully saturated rings. The predicted molar refractivity (Wildman–Crippen MR) is 45.4 cm³/mol. The molecule has 1 heterocycles. The van der Waals surface area contributed by atoms with E-state index < -0.39 is 0 Å². The highest BCUT2D eigenvalue weighted by molar-refractivity contribution is 5.99. The van der Waals surface area contributed by atoms with Gasteiger partial charge in [0.25, 0.3) is 5.91 Å². The van der Waals surface area contributed by atoms with Gasteiger partial charge in [0.15, 0.2) is 0 Å². The number of hydrogen-bond donors (Lipinski definition) is 3. The molecule has 0 saturated carbocycles. The Morgan fingerprint density at radius 2 is 2.33 bits per heavy atom. The number of carbonyl (C=O) groups excluding carboxylic acids is 1. The lowest BCUT2D eigenvalue weighted by Gasteiger charge is -2.03. The number of rotatable bonds is 1. The van der Waals surface area contributed by atoms with E-state index in [9.17, 15) is 4.79 Å². The summed E-state index contributed by atoms with van der Waals surface area (Å²) in [6.45, 7) is 0.564. The first-order valence-electron chi connectivity index (χ1n) is 3.69. The lowest BCUT2D eigenvalue weighted by molar-refractivity contribution is 0.0966. The molecule has 0 aromatic heterocycles. The van der Waals surface area contributed by atoms with Crippen LogP contribution < -0.4 is 16.6 Å². The minimum Gasteiger partial charge on any atom is -0.348 e.